The molecule has 2 aromatic rings. The molecule has 2 aliphatic heterocycles. The van der Waals surface area contributed by atoms with Crippen LogP contribution >= 0.6 is 0 Å². The van der Waals surface area contributed by atoms with E-state index in [1.807, 2.05) is 18.2 Å². The van der Waals surface area contributed by atoms with Crippen molar-refractivity contribution in [3.63, 3.8) is 0 Å². The van der Waals surface area contributed by atoms with Gasteiger partial charge in [-0.25, -0.2) is 0 Å². The molecule has 0 spiro atoms. The Kier molecular flexibility index (Phi) is 5.60. The molecule has 2 heterocycles. The average Bonchev–Trinajstić information content (AvgIpc) is 3.48. The first kappa shape index (κ1) is 22.1. The van der Waals surface area contributed by atoms with Crippen LogP contribution in [0.4, 0.5) is 0 Å². The molecule has 2 N–H and O–H groups in total. The molecule has 1 saturated heterocycles. The highest BCUT2D eigenvalue weighted by Crippen LogP contribution is 2.56. The second-order valence-corrected chi connectivity index (χ2v) is 8.20. The predicted octanol–water partition coefficient (Wildman–Crippen LogP) is 1.92. The lowest BCUT2D eigenvalue weighted by Gasteiger charge is -2.38. The van der Waals surface area contributed by atoms with Crippen LogP contribution in [0.5, 0.6) is 28.7 Å². The number of ether oxygens (including phenoxy) is 7. The van der Waals surface area contributed by atoms with Crippen molar-refractivity contribution in [3.05, 3.63) is 41.0 Å². The van der Waals surface area contributed by atoms with Crippen LogP contribution in [-0.4, -0.2) is 53.2 Å². The third-order valence-corrected chi connectivity index (χ3v) is 6.59. The quantitative estimate of drug-likeness (QED) is 0.625. The van der Waals surface area contributed by atoms with Gasteiger partial charge >= 0.3 is 11.9 Å². The van der Waals surface area contributed by atoms with Crippen LogP contribution in [0, 0.1) is 11.8 Å². The predicted molar refractivity (Wildman–Crippen MR) is 116 cm³/mol. The Bertz CT molecular complexity index is 1120. The molecule has 10 heteroatoms. The summed E-state index contributed by atoms with van der Waals surface area (Å²) in [6.07, 6.45) is -0.727. The second kappa shape index (κ2) is 8.60. The van der Waals surface area contributed by atoms with Crippen LogP contribution in [0.2, 0.25) is 0 Å². The number of benzene rings is 2. The minimum Gasteiger partial charge on any atom is -0.493 e. The number of fused-ring (bicyclic) bond motifs is 3. The van der Waals surface area contributed by atoms with E-state index in [2.05, 4.69) is 0 Å². The Labute approximate surface area is 195 Å². The van der Waals surface area contributed by atoms with Gasteiger partial charge in [0.25, 0.3) is 0 Å². The van der Waals surface area contributed by atoms with Gasteiger partial charge in [0, 0.05) is 17.4 Å². The van der Waals surface area contributed by atoms with Crippen molar-refractivity contribution in [3.8, 4) is 28.7 Å². The fourth-order valence-corrected chi connectivity index (χ4v) is 5.13. The molecular weight excluding hydrogens is 446 g/mol. The average molecular weight is 471 g/mol. The van der Waals surface area contributed by atoms with Crippen LogP contribution in [0.3, 0.4) is 0 Å². The molecule has 0 saturated carbocycles. The molecule has 1 aliphatic carbocycles. The van der Waals surface area contributed by atoms with Crippen molar-refractivity contribution >= 4 is 11.9 Å². The molecular formula is C24H25NO9. The van der Waals surface area contributed by atoms with Crippen LogP contribution in [0.1, 0.15) is 28.7 Å². The van der Waals surface area contributed by atoms with Gasteiger partial charge in [-0.15, -0.1) is 0 Å². The summed E-state index contributed by atoms with van der Waals surface area (Å²) in [7, 11) is 4.59. The summed E-state index contributed by atoms with van der Waals surface area (Å²) >= 11 is 0. The molecule has 4 atom stereocenters. The van der Waals surface area contributed by atoms with Gasteiger partial charge in [-0.05, 0) is 35.4 Å². The van der Waals surface area contributed by atoms with E-state index in [0.717, 1.165) is 11.1 Å². The van der Waals surface area contributed by atoms with Gasteiger partial charge in [-0.3, -0.25) is 9.59 Å². The monoisotopic (exact) mass is 471 g/mol. The molecule has 0 bridgehead atoms. The van der Waals surface area contributed by atoms with Crippen molar-refractivity contribution in [1.82, 2.24) is 0 Å². The maximum atomic E-state index is 13.0. The van der Waals surface area contributed by atoms with E-state index in [9.17, 15) is 9.59 Å². The number of carbonyl (C=O) groups excluding carboxylic acids is 2. The number of methoxy groups -OCH3 is 3. The van der Waals surface area contributed by atoms with Crippen LogP contribution in [0.15, 0.2) is 24.3 Å². The lowest BCUT2D eigenvalue weighted by atomic mass is 9.66. The SMILES string of the molecule is COc1cc([C@@H]2c3cc4c(cc3[C@H](OC(=O)CN)[C@H]3COC(=O)[C@@H]23)OCO4)cc(OC)c1OC. The molecule has 5 rings (SSSR count). The van der Waals surface area contributed by atoms with E-state index in [-0.39, 0.29) is 25.9 Å². The number of rotatable bonds is 6. The largest absolute Gasteiger partial charge is 0.493 e. The molecule has 0 aromatic heterocycles. The molecule has 0 radical (unpaired) electrons. The lowest BCUT2D eigenvalue weighted by Crippen LogP contribution is -2.37. The van der Waals surface area contributed by atoms with Crippen molar-refractivity contribution in [1.29, 1.82) is 0 Å². The van der Waals surface area contributed by atoms with Gasteiger partial charge in [-0.1, -0.05) is 0 Å². The summed E-state index contributed by atoms with van der Waals surface area (Å²) in [4.78, 5) is 25.2. The highest BCUT2D eigenvalue weighted by atomic mass is 16.7. The van der Waals surface area contributed by atoms with E-state index < -0.39 is 29.8 Å². The maximum Gasteiger partial charge on any atom is 0.320 e. The number of cyclic esters (lactones) is 1. The molecule has 180 valence electrons. The highest BCUT2D eigenvalue weighted by molar-refractivity contribution is 5.79. The van der Waals surface area contributed by atoms with Gasteiger partial charge in [0.1, 0.15) is 6.10 Å². The Hall–Kier alpha value is -3.66. The third-order valence-electron chi connectivity index (χ3n) is 6.59. The number of carbonyl (C=O) groups is 2. The van der Waals surface area contributed by atoms with Crippen LogP contribution < -0.4 is 29.4 Å². The Morgan fingerprint density at radius 2 is 1.62 bits per heavy atom. The molecule has 10 nitrogen and oxygen atoms in total. The number of nitrogens with two attached hydrogens (primary N) is 1. The van der Waals surface area contributed by atoms with Crippen molar-refractivity contribution in [2.75, 3.05) is 41.3 Å². The summed E-state index contributed by atoms with van der Waals surface area (Å²) in [5.74, 6) is 0.00843. The molecule has 0 unspecified atom stereocenters. The first-order valence-electron chi connectivity index (χ1n) is 10.8. The molecule has 3 aliphatic rings. The maximum absolute atomic E-state index is 13.0. The Balaban J connectivity index is 1.73. The summed E-state index contributed by atoms with van der Waals surface area (Å²) in [5, 5.41) is 0. The summed E-state index contributed by atoms with van der Waals surface area (Å²) in [5.41, 5.74) is 7.74. The third kappa shape index (κ3) is 3.37. The van der Waals surface area contributed by atoms with Crippen molar-refractivity contribution in [2.45, 2.75) is 12.0 Å². The highest BCUT2D eigenvalue weighted by Gasteiger charge is 2.54. The van der Waals surface area contributed by atoms with Crippen molar-refractivity contribution < 1.29 is 42.7 Å². The summed E-state index contributed by atoms with van der Waals surface area (Å²) < 4.78 is 39.0. The van der Waals surface area contributed by atoms with Gasteiger partial charge in [0.2, 0.25) is 12.5 Å². The lowest BCUT2D eigenvalue weighted by molar-refractivity contribution is -0.152. The Morgan fingerprint density at radius 1 is 0.971 bits per heavy atom. The van der Waals surface area contributed by atoms with E-state index in [1.54, 1.807) is 6.07 Å². The number of esters is 2. The van der Waals surface area contributed by atoms with Gasteiger partial charge < -0.3 is 38.9 Å². The van der Waals surface area contributed by atoms with Crippen LogP contribution in [-0.2, 0) is 19.1 Å². The topological polar surface area (TPSA) is 125 Å². The summed E-state index contributed by atoms with van der Waals surface area (Å²) in [6.45, 7) is -0.0884. The van der Waals surface area contributed by atoms with E-state index in [4.69, 9.17) is 38.9 Å². The standard InChI is InChI=1S/C24H25NO9/c1-28-17-4-11(5-18(29-2)23(17)30-3)20-12-6-15-16(33-10-32-15)7-13(12)22(34-19(26)8-25)14-9-31-24(27)21(14)20/h4-7,14,20-22H,8-10,25H2,1-3H3/t14-,20+,21+,22-/m0/s1. The normalized spacial score (nSPS) is 24.1. The Morgan fingerprint density at radius 3 is 2.21 bits per heavy atom. The number of hydrogen-bond donors (Lipinski definition) is 1. The fourth-order valence-electron chi connectivity index (χ4n) is 5.13. The minimum atomic E-state index is -0.727. The van der Waals surface area contributed by atoms with Gasteiger partial charge in [0.05, 0.1) is 40.4 Å². The number of hydrogen-bond acceptors (Lipinski definition) is 10. The zero-order valence-electron chi connectivity index (χ0n) is 19.0. The van der Waals surface area contributed by atoms with Gasteiger partial charge in [-0.2, -0.15) is 0 Å². The zero-order valence-corrected chi connectivity index (χ0v) is 19.0. The van der Waals surface area contributed by atoms with E-state index >= 15 is 0 Å². The molecule has 2 aromatic carbocycles. The molecule has 34 heavy (non-hydrogen) atoms. The smallest absolute Gasteiger partial charge is 0.320 e. The van der Waals surface area contributed by atoms with Crippen LogP contribution in [0.25, 0.3) is 0 Å². The van der Waals surface area contributed by atoms with Gasteiger partial charge in [0.15, 0.2) is 23.0 Å². The van der Waals surface area contributed by atoms with E-state index in [0.29, 0.717) is 34.3 Å². The zero-order chi connectivity index (χ0) is 24.0. The van der Waals surface area contributed by atoms with Crippen molar-refractivity contribution in [2.24, 2.45) is 17.6 Å². The molecule has 1 fully saturated rings. The first-order chi connectivity index (χ1) is 16.5. The first-order valence-corrected chi connectivity index (χ1v) is 10.8. The fraction of sp³-hybridized carbons (Fsp3) is 0.417. The van der Waals surface area contributed by atoms with E-state index in [1.165, 1.54) is 21.3 Å². The molecule has 0 amide bonds. The summed E-state index contributed by atoms with van der Waals surface area (Å²) in [6, 6.07) is 7.26. The second-order valence-electron chi connectivity index (χ2n) is 8.20. The minimum absolute atomic E-state index is 0.0786.